The van der Waals surface area contributed by atoms with E-state index in [1.54, 1.807) is 0 Å². The van der Waals surface area contributed by atoms with Gasteiger partial charge in [-0.25, -0.2) is 0 Å². The van der Waals surface area contributed by atoms with Crippen molar-refractivity contribution in [1.29, 1.82) is 0 Å². The maximum Gasteiger partial charge on any atom is 0.174 e. The minimum Gasteiger partial charge on any atom is -0.351 e. The summed E-state index contributed by atoms with van der Waals surface area (Å²) < 4.78 is 2.32. The molecule has 1 N–H and O–H groups in total. The lowest BCUT2D eigenvalue weighted by Gasteiger charge is -2.29. The van der Waals surface area contributed by atoms with Crippen molar-refractivity contribution in [2.75, 3.05) is 4.90 Å². The minimum atomic E-state index is -0.0632. The van der Waals surface area contributed by atoms with E-state index in [0.717, 1.165) is 17.1 Å². The van der Waals surface area contributed by atoms with E-state index in [1.165, 1.54) is 17.0 Å². The third-order valence-electron chi connectivity index (χ3n) is 5.83. The van der Waals surface area contributed by atoms with Crippen LogP contribution in [0.2, 0.25) is 0 Å². The minimum absolute atomic E-state index is 0.0426. The van der Waals surface area contributed by atoms with E-state index in [9.17, 15) is 0 Å². The van der Waals surface area contributed by atoms with Gasteiger partial charge in [-0.15, -0.1) is 0 Å². The molecular weight excluding hydrogens is 400 g/mol. The molecule has 1 aliphatic rings. The third-order valence-corrected chi connectivity index (χ3v) is 6.15. The van der Waals surface area contributed by atoms with E-state index >= 15 is 0 Å². The van der Waals surface area contributed by atoms with Crippen molar-refractivity contribution in [3.63, 3.8) is 0 Å². The Morgan fingerprint density at radius 3 is 2.26 bits per heavy atom. The van der Waals surface area contributed by atoms with Crippen LogP contribution in [0.4, 0.5) is 5.69 Å². The molecule has 4 aromatic rings. The van der Waals surface area contributed by atoms with Gasteiger partial charge >= 0.3 is 0 Å². The molecule has 5 rings (SSSR count). The Labute approximate surface area is 188 Å². The number of aromatic nitrogens is 2. The van der Waals surface area contributed by atoms with Crippen LogP contribution < -0.4 is 10.2 Å². The Hall–Kier alpha value is -3.44. The van der Waals surface area contributed by atoms with Crippen LogP contribution in [0, 0.1) is 13.8 Å². The maximum absolute atomic E-state index is 5.85. The molecule has 1 aliphatic heterocycles. The van der Waals surface area contributed by atoms with Crippen molar-refractivity contribution in [3.05, 3.63) is 114 Å². The summed E-state index contributed by atoms with van der Waals surface area (Å²) in [6, 6.07) is 29.3. The smallest absolute Gasteiger partial charge is 0.174 e. The van der Waals surface area contributed by atoms with Crippen LogP contribution in [0.15, 0.2) is 91.1 Å². The normalized spacial score (nSPS) is 18.3. The summed E-state index contributed by atoms with van der Waals surface area (Å²) in [6.07, 6.45) is 1.84. The summed E-state index contributed by atoms with van der Waals surface area (Å²) in [4.78, 5) is 6.89. The Morgan fingerprint density at radius 1 is 0.806 bits per heavy atom. The molecule has 2 aromatic carbocycles. The van der Waals surface area contributed by atoms with Gasteiger partial charge in [0.15, 0.2) is 5.11 Å². The second-order valence-electron chi connectivity index (χ2n) is 7.90. The number of para-hydroxylation sites is 1. The van der Waals surface area contributed by atoms with Crippen LogP contribution in [0.3, 0.4) is 0 Å². The lowest BCUT2D eigenvalue weighted by Crippen LogP contribution is -2.30. The Morgan fingerprint density at radius 2 is 1.55 bits per heavy atom. The number of thiocarbonyl (C=S) groups is 1. The molecule has 1 fully saturated rings. The molecular formula is C26H24N4S. The average molecular weight is 425 g/mol. The van der Waals surface area contributed by atoms with Crippen LogP contribution in [0.5, 0.6) is 0 Å². The van der Waals surface area contributed by atoms with Gasteiger partial charge in [-0.3, -0.25) is 4.98 Å². The van der Waals surface area contributed by atoms with Crippen LogP contribution in [-0.2, 0) is 0 Å². The highest BCUT2D eigenvalue weighted by molar-refractivity contribution is 7.80. The second kappa shape index (κ2) is 8.00. The summed E-state index contributed by atoms with van der Waals surface area (Å²) >= 11 is 5.85. The van der Waals surface area contributed by atoms with Gasteiger partial charge in [0.25, 0.3) is 0 Å². The summed E-state index contributed by atoms with van der Waals surface area (Å²) in [7, 11) is 0. The molecule has 0 bridgehead atoms. The first-order valence-corrected chi connectivity index (χ1v) is 10.9. The van der Waals surface area contributed by atoms with Gasteiger partial charge in [-0.1, -0.05) is 42.0 Å². The molecule has 0 aliphatic carbocycles. The number of aryl methyl sites for hydroxylation is 2. The van der Waals surface area contributed by atoms with Crippen LogP contribution >= 0.6 is 12.2 Å². The first-order chi connectivity index (χ1) is 15.1. The number of pyridine rings is 1. The van der Waals surface area contributed by atoms with E-state index in [-0.39, 0.29) is 12.1 Å². The molecule has 1 saturated heterocycles. The molecule has 5 heteroatoms. The Bertz CT molecular complexity index is 1200. The zero-order valence-electron chi connectivity index (χ0n) is 17.6. The molecule has 2 atom stereocenters. The monoisotopic (exact) mass is 424 g/mol. The van der Waals surface area contributed by atoms with Crippen LogP contribution in [0.1, 0.15) is 34.7 Å². The van der Waals surface area contributed by atoms with Crippen molar-refractivity contribution < 1.29 is 0 Å². The number of benzene rings is 2. The van der Waals surface area contributed by atoms with Crippen molar-refractivity contribution >= 4 is 23.0 Å². The predicted octanol–water partition coefficient (Wildman–Crippen LogP) is 5.67. The lowest BCUT2D eigenvalue weighted by atomic mass is 10.0. The molecule has 31 heavy (non-hydrogen) atoms. The molecule has 0 unspecified atom stereocenters. The third kappa shape index (κ3) is 3.51. The van der Waals surface area contributed by atoms with Crippen molar-refractivity contribution in [1.82, 2.24) is 14.9 Å². The van der Waals surface area contributed by atoms with Gasteiger partial charge in [-0.2, -0.15) is 0 Å². The topological polar surface area (TPSA) is 33.1 Å². The highest BCUT2D eigenvalue weighted by Gasteiger charge is 2.42. The van der Waals surface area contributed by atoms with Crippen molar-refractivity contribution in [2.24, 2.45) is 0 Å². The first kappa shape index (κ1) is 19.5. The van der Waals surface area contributed by atoms with E-state index in [0.29, 0.717) is 5.11 Å². The molecule has 2 aromatic heterocycles. The highest BCUT2D eigenvalue weighted by atomic mass is 32.1. The molecule has 3 heterocycles. The maximum atomic E-state index is 5.85. The number of hydrogen-bond donors (Lipinski definition) is 1. The van der Waals surface area contributed by atoms with Crippen molar-refractivity contribution in [2.45, 2.75) is 25.9 Å². The Kier molecular flexibility index (Phi) is 5.04. The SMILES string of the molecule is Cc1ccc(N2C(=S)N[C@H](c3ccccn3)[C@H]2c2ccc(C)n2-c2ccccc2)cc1. The zero-order valence-corrected chi connectivity index (χ0v) is 18.4. The number of hydrogen-bond acceptors (Lipinski definition) is 2. The van der Waals surface area contributed by atoms with E-state index < -0.39 is 0 Å². The molecule has 0 radical (unpaired) electrons. The molecule has 0 saturated carbocycles. The van der Waals surface area contributed by atoms with E-state index in [2.05, 4.69) is 100 Å². The van der Waals surface area contributed by atoms with Crippen LogP contribution in [0.25, 0.3) is 5.69 Å². The summed E-state index contributed by atoms with van der Waals surface area (Å²) in [5.41, 5.74) is 6.77. The lowest BCUT2D eigenvalue weighted by molar-refractivity contribution is 0.548. The molecule has 0 spiro atoms. The standard InChI is InChI=1S/C26H24N4S/c1-18-11-14-21(15-12-18)30-25(24(28-26(30)31)22-10-6-7-17-27-22)23-16-13-19(2)29(23)20-8-4-3-5-9-20/h3-17,24-25H,1-2H3,(H,28,31)/t24-,25-/m1/s1. The summed E-state index contributed by atoms with van der Waals surface area (Å²) in [5, 5.41) is 4.26. The fraction of sp³-hybridized carbons (Fsp3) is 0.154. The van der Waals surface area contributed by atoms with E-state index in [4.69, 9.17) is 12.2 Å². The number of rotatable bonds is 4. The predicted molar refractivity (Wildman–Crippen MR) is 130 cm³/mol. The number of anilines is 1. The van der Waals surface area contributed by atoms with Crippen molar-refractivity contribution in [3.8, 4) is 5.69 Å². The molecule has 0 amide bonds. The molecule has 4 nitrogen and oxygen atoms in total. The summed E-state index contributed by atoms with van der Waals surface area (Å²) in [6.45, 7) is 4.24. The summed E-state index contributed by atoms with van der Waals surface area (Å²) in [5.74, 6) is 0. The average Bonchev–Trinajstić information content (AvgIpc) is 3.35. The number of nitrogens with zero attached hydrogens (tertiary/aromatic N) is 3. The molecule has 154 valence electrons. The van der Waals surface area contributed by atoms with E-state index in [1.807, 2.05) is 24.4 Å². The first-order valence-electron chi connectivity index (χ1n) is 10.4. The Balaban J connectivity index is 1.70. The van der Waals surface area contributed by atoms with Gasteiger partial charge in [0, 0.05) is 29.0 Å². The fourth-order valence-electron chi connectivity index (χ4n) is 4.36. The quantitative estimate of drug-likeness (QED) is 0.428. The van der Waals surface area contributed by atoms with Gasteiger partial charge in [-0.05, 0) is 74.6 Å². The second-order valence-corrected chi connectivity index (χ2v) is 8.29. The zero-order chi connectivity index (χ0) is 21.4. The van der Waals surface area contributed by atoms with Gasteiger partial charge < -0.3 is 14.8 Å². The fourth-order valence-corrected chi connectivity index (χ4v) is 4.70. The number of nitrogens with one attached hydrogen (secondary N) is 1. The van der Waals surface area contributed by atoms with Gasteiger partial charge in [0.2, 0.25) is 0 Å². The van der Waals surface area contributed by atoms with Gasteiger partial charge in [0.05, 0.1) is 11.7 Å². The largest absolute Gasteiger partial charge is 0.351 e. The highest BCUT2D eigenvalue weighted by Crippen LogP contribution is 2.42. The van der Waals surface area contributed by atoms with Crippen LogP contribution in [-0.4, -0.2) is 14.7 Å². The van der Waals surface area contributed by atoms with Gasteiger partial charge in [0.1, 0.15) is 6.04 Å².